The maximum Gasteiger partial charge on any atom is 0.337 e. The molecule has 112 valence electrons. The zero-order valence-corrected chi connectivity index (χ0v) is 12.3. The quantitative estimate of drug-likeness (QED) is 0.939. The molecule has 1 aliphatic rings. The summed E-state index contributed by atoms with van der Waals surface area (Å²) in [6.45, 7) is 5.26. The first-order valence-corrected chi connectivity index (χ1v) is 7.58. The molecule has 5 heteroatoms. The minimum absolute atomic E-state index is 0.329. The van der Waals surface area contributed by atoms with Gasteiger partial charge in [-0.15, -0.1) is 0 Å². The summed E-state index contributed by atoms with van der Waals surface area (Å²) in [5.41, 5.74) is 1.81. The summed E-state index contributed by atoms with van der Waals surface area (Å²) >= 11 is 0. The van der Waals surface area contributed by atoms with Gasteiger partial charge in [-0.1, -0.05) is 12.5 Å². The van der Waals surface area contributed by atoms with Crippen LogP contribution in [0.2, 0.25) is 0 Å². The van der Waals surface area contributed by atoms with E-state index in [2.05, 4.69) is 16.8 Å². The number of hydrogen-bond donors (Lipinski definition) is 1. The van der Waals surface area contributed by atoms with Gasteiger partial charge in [0.1, 0.15) is 0 Å². The maximum absolute atomic E-state index is 11.4. The van der Waals surface area contributed by atoms with Gasteiger partial charge in [0.05, 0.1) is 22.9 Å². The highest BCUT2D eigenvalue weighted by atomic mass is 16.4. The number of aromatic nitrogens is 2. The Morgan fingerprint density at radius 3 is 2.81 bits per heavy atom. The van der Waals surface area contributed by atoms with Crippen molar-refractivity contribution in [2.75, 3.05) is 13.1 Å². The molecule has 0 bridgehead atoms. The first kappa shape index (κ1) is 14.1. The van der Waals surface area contributed by atoms with Crippen molar-refractivity contribution in [2.45, 2.75) is 38.8 Å². The highest BCUT2D eigenvalue weighted by Gasteiger charge is 2.19. The Balaban J connectivity index is 1.88. The van der Waals surface area contributed by atoms with Crippen molar-refractivity contribution in [2.24, 2.45) is 0 Å². The summed E-state index contributed by atoms with van der Waals surface area (Å²) in [6.07, 6.45) is 5.60. The molecule has 1 unspecified atom stereocenters. The van der Waals surface area contributed by atoms with Crippen molar-refractivity contribution in [3.63, 3.8) is 0 Å². The Morgan fingerprint density at radius 2 is 2.10 bits per heavy atom. The van der Waals surface area contributed by atoms with Crippen LogP contribution >= 0.6 is 0 Å². The smallest absolute Gasteiger partial charge is 0.337 e. The van der Waals surface area contributed by atoms with Crippen LogP contribution in [0.25, 0.3) is 11.0 Å². The van der Waals surface area contributed by atoms with Crippen LogP contribution in [-0.4, -0.2) is 44.7 Å². The average Bonchev–Trinajstić information content (AvgIpc) is 2.91. The van der Waals surface area contributed by atoms with E-state index in [9.17, 15) is 9.90 Å². The lowest BCUT2D eigenvalue weighted by atomic mass is 10.1. The van der Waals surface area contributed by atoms with Crippen LogP contribution in [0.4, 0.5) is 0 Å². The van der Waals surface area contributed by atoms with Gasteiger partial charge >= 0.3 is 5.97 Å². The van der Waals surface area contributed by atoms with Gasteiger partial charge < -0.3 is 9.67 Å². The third-order valence-electron chi connectivity index (χ3n) is 4.34. The van der Waals surface area contributed by atoms with Crippen LogP contribution in [0.15, 0.2) is 24.5 Å². The second-order valence-corrected chi connectivity index (χ2v) is 5.82. The lowest BCUT2D eigenvalue weighted by Crippen LogP contribution is -2.39. The van der Waals surface area contributed by atoms with Crippen LogP contribution in [0.3, 0.4) is 0 Å². The molecular weight excluding hydrogens is 266 g/mol. The van der Waals surface area contributed by atoms with Crippen molar-refractivity contribution in [3.05, 3.63) is 30.1 Å². The van der Waals surface area contributed by atoms with Crippen LogP contribution in [0.1, 0.15) is 36.5 Å². The molecule has 1 aromatic carbocycles. The Hall–Kier alpha value is -1.88. The SMILES string of the molecule is CC(Cn1cnc2cccc(C(=O)O)c21)N1CCCCC1. The molecule has 5 nitrogen and oxygen atoms in total. The zero-order chi connectivity index (χ0) is 14.8. The molecule has 3 rings (SSSR count). The Labute approximate surface area is 124 Å². The summed E-state index contributed by atoms with van der Waals surface area (Å²) in [4.78, 5) is 18.2. The van der Waals surface area contributed by atoms with Crippen molar-refractivity contribution in [1.29, 1.82) is 0 Å². The molecule has 1 N–H and O–H groups in total. The Morgan fingerprint density at radius 1 is 1.33 bits per heavy atom. The summed E-state index contributed by atoms with van der Waals surface area (Å²) in [7, 11) is 0. The van der Waals surface area contributed by atoms with Crippen LogP contribution < -0.4 is 0 Å². The van der Waals surface area contributed by atoms with E-state index in [4.69, 9.17) is 0 Å². The van der Waals surface area contributed by atoms with Crippen LogP contribution in [0, 0.1) is 0 Å². The minimum atomic E-state index is -0.895. The number of likely N-dealkylation sites (tertiary alicyclic amines) is 1. The fourth-order valence-corrected chi connectivity index (χ4v) is 3.20. The van der Waals surface area contributed by atoms with Gasteiger partial charge in [-0.25, -0.2) is 9.78 Å². The number of nitrogens with zero attached hydrogens (tertiary/aromatic N) is 3. The lowest BCUT2D eigenvalue weighted by Gasteiger charge is -2.32. The van der Waals surface area contributed by atoms with Crippen molar-refractivity contribution < 1.29 is 9.90 Å². The number of carboxylic acid groups (broad SMARTS) is 1. The van der Waals surface area contributed by atoms with Gasteiger partial charge in [-0.3, -0.25) is 4.90 Å². The van der Waals surface area contributed by atoms with Crippen molar-refractivity contribution in [1.82, 2.24) is 14.5 Å². The summed E-state index contributed by atoms with van der Waals surface area (Å²) < 4.78 is 1.98. The lowest BCUT2D eigenvalue weighted by molar-refractivity contribution is 0.0698. The number of imidazole rings is 1. The number of fused-ring (bicyclic) bond motifs is 1. The van der Waals surface area contributed by atoms with Crippen LogP contribution in [-0.2, 0) is 6.54 Å². The zero-order valence-electron chi connectivity index (χ0n) is 12.3. The van der Waals surface area contributed by atoms with Gasteiger partial charge in [-0.05, 0) is 45.0 Å². The third kappa shape index (κ3) is 2.78. The molecule has 1 aliphatic heterocycles. The van der Waals surface area contributed by atoms with E-state index in [-0.39, 0.29) is 0 Å². The number of hydrogen-bond acceptors (Lipinski definition) is 3. The number of benzene rings is 1. The van der Waals surface area contributed by atoms with Crippen molar-refractivity contribution >= 4 is 17.0 Å². The normalized spacial score (nSPS) is 18.0. The largest absolute Gasteiger partial charge is 0.478 e. The van der Waals surface area contributed by atoms with E-state index in [1.54, 1.807) is 18.5 Å². The molecule has 1 fully saturated rings. The molecule has 0 aliphatic carbocycles. The van der Waals surface area contributed by atoms with E-state index < -0.39 is 5.97 Å². The van der Waals surface area contributed by atoms with E-state index in [1.807, 2.05) is 10.6 Å². The average molecular weight is 287 g/mol. The molecule has 2 heterocycles. The second kappa shape index (κ2) is 5.85. The van der Waals surface area contributed by atoms with E-state index in [1.165, 1.54) is 19.3 Å². The Bertz CT molecular complexity index is 644. The summed E-state index contributed by atoms with van der Waals surface area (Å²) in [5.74, 6) is -0.895. The van der Waals surface area contributed by atoms with E-state index in [0.29, 0.717) is 11.6 Å². The summed E-state index contributed by atoms with van der Waals surface area (Å²) in [5, 5.41) is 9.36. The van der Waals surface area contributed by atoms with E-state index >= 15 is 0 Å². The van der Waals surface area contributed by atoms with Gasteiger partial charge in [0, 0.05) is 12.6 Å². The molecule has 21 heavy (non-hydrogen) atoms. The minimum Gasteiger partial charge on any atom is -0.478 e. The monoisotopic (exact) mass is 287 g/mol. The number of carbonyl (C=O) groups is 1. The molecular formula is C16H21N3O2. The molecule has 0 spiro atoms. The molecule has 1 saturated heterocycles. The number of rotatable bonds is 4. The van der Waals surface area contributed by atoms with Gasteiger partial charge in [0.15, 0.2) is 0 Å². The van der Waals surface area contributed by atoms with Gasteiger partial charge in [0.25, 0.3) is 0 Å². The van der Waals surface area contributed by atoms with Crippen LogP contribution in [0.5, 0.6) is 0 Å². The summed E-state index contributed by atoms with van der Waals surface area (Å²) in [6, 6.07) is 5.65. The number of piperidine rings is 1. The molecule has 0 saturated carbocycles. The predicted molar refractivity (Wildman–Crippen MR) is 81.6 cm³/mol. The molecule has 1 aromatic heterocycles. The first-order chi connectivity index (χ1) is 10.2. The molecule has 0 amide bonds. The second-order valence-electron chi connectivity index (χ2n) is 5.82. The standard InChI is InChI=1S/C16H21N3O2/c1-12(18-8-3-2-4-9-18)10-19-11-17-14-7-5-6-13(15(14)19)16(20)21/h5-7,11-12H,2-4,8-10H2,1H3,(H,20,21). The molecule has 0 radical (unpaired) electrons. The fourth-order valence-electron chi connectivity index (χ4n) is 3.20. The Kier molecular flexibility index (Phi) is 3.92. The van der Waals surface area contributed by atoms with Gasteiger partial charge in [-0.2, -0.15) is 0 Å². The molecule has 1 atom stereocenters. The highest BCUT2D eigenvalue weighted by molar-refractivity contribution is 6.01. The number of para-hydroxylation sites is 1. The predicted octanol–water partition coefficient (Wildman–Crippen LogP) is 2.61. The highest BCUT2D eigenvalue weighted by Crippen LogP contribution is 2.20. The van der Waals surface area contributed by atoms with Crippen molar-refractivity contribution in [3.8, 4) is 0 Å². The topological polar surface area (TPSA) is 58.4 Å². The molecule has 2 aromatic rings. The maximum atomic E-state index is 11.4. The number of aromatic carboxylic acids is 1. The third-order valence-corrected chi connectivity index (χ3v) is 4.34. The number of carboxylic acids is 1. The first-order valence-electron chi connectivity index (χ1n) is 7.58. The van der Waals surface area contributed by atoms with E-state index in [0.717, 1.165) is 30.7 Å². The van der Waals surface area contributed by atoms with Gasteiger partial charge in [0.2, 0.25) is 0 Å². The fraction of sp³-hybridized carbons (Fsp3) is 0.500.